The van der Waals surface area contributed by atoms with Crippen LogP contribution in [0.2, 0.25) is 0 Å². The van der Waals surface area contributed by atoms with Gasteiger partial charge in [-0.05, 0) is 12.1 Å². The molecule has 8 nitrogen and oxygen atoms in total. The first-order chi connectivity index (χ1) is 10.1. The van der Waals surface area contributed by atoms with Crippen molar-refractivity contribution in [2.45, 2.75) is 0 Å². The molecular weight excluding hydrogens is 274 g/mol. The van der Waals surface area contributed by atoms with E-state index in [4.69, 9.17) is 15.7 Å². The van der Waals surface area contributed by atoms with Gasteiger partial charge >= 0.3 is 0 Å². The molecule has 2 rings (SSSR count). The normalized spacial score (nSPS) is 11.2. The molecule has 0 spiro atoms. The number of aromatic nitrogens is 2. The van der Waals surface area contributed by atoms with Gasteiger partial charge in [0.25, 0.3) is 5.91 Å². The Morgan fingerprint density at radius 1 is 1.57 bits per heavy atom. The average Bonchev–Trinajstić information content (AvgIpc) is 2.91. The number of hydrogen-bond acceptors (Lipinski definition) is 5. The summed E-state index contributed by atoms with van der Waals surface area (Å²) in [6.07, 6.45) is 3.03. The molecule has 0 radical (unpaired) electrons. The minimum atomic E-state index is -0.274. The molecule has 1 aromatic carbocycles. The van der Waals surface area contributed by atoms with E-state index in [-0.39, 0.29) is 18.3 Å². The first kappa shape index (κ1) is 14.4. The van der Waals surface area contributed by atoms with Crippen LogP contribution in [0.3, 0.4) is 0 Å². The third-order valence-corrected chi connectivity index (χ3v) is 2.66. The number of amidine groups is 1. The maximum Gasteiger partial charge on any atom is 0.273 e. The number of nitrogens with zero attached hydrogens (tertiary/aromatic N) is 3. The predicted molar refractivity (Wildman–Crippen MR) is 76.5 cm³/mol. The number of amides is 1. The lowest BCUT2D eigenvalue weighted by Crippen LogP contribution is -2.21. The van der Waals surface area contributed by atoms with Crippen LogP contribution in [0.4, 0.5) is 5.69 Å². The molecule has 1 amide bonds. The van der Waals surface area contributed by atoms with E-state index < -0.39 is 0 Å². The van der Waals surface area contributed by atoms with Crippen LogP contribution in [0.1, 0.15) is 10.5 Å². The summed E-state index contributed by atoms with van der Waals surface area (Å²) in [4.78, 5) is 15.9. The van der Waals surface area contributed by atoms with Crippen molar-refractivity contribution in [3.8, 4) is 5.75 Å². The molecule has 0 aliphatic rings. The van der Waals surface area contributed by atoms with Gasteiger partial charge in [-0.1, -0.05) is 11.2 Å². The van der Waals surface area contributed by atoms with Crippen LogP contribution in [0.25, 0.3) is 0 Å². The Labute approximate surface area is 120 Å². The highest BCUT2D eigenvalue weighted by Gasteiger charge is 2.10. The molecule has 1 heterocycles. The summed E-state index contributed by atoms with van der Waals surface area (Å²) in [7, 11) is 1.73. The Bertz CT molecular complexity index is 665. The lowest BCUT2D eigenvalue weighted by atomic mass is 10.3. The van der Waals surface area contributed by atoms with E-state index in [0.717, 1.165) is 0 Å². The monoisotopic (exact) mass is 289 g/mol. The van der Waals surface area contributed by atoms with Gasteiger partial charge in [-0.25, -0.2) is 4.98 Å². The topological polar surface area (TPSA) is 115 Å². The number of nitrogens with one attached hydrogen (secondary N) is 1. The first-order valence-corrected chi connectivity index (χ1v) is 6.07. The van der Waals surface area contributed by atoms with Crippen molar-refractivity contribution in [2.24, 2.45) is 17.9 Å². The number of carbonyl (C=O) groups excluding carboxylic acids is 1. The lowest BCUT2D eigenvalue weighted by molar-refractivity contribution is 0.101. The number of rotatable bonds is 5. The number of ether oxygens (including phenoxy) is 1. The first-order valence-electron chi connectivity index (χ1n) is 6.07. The molecule has 21 heavy (non-hydrogen) atoms. The van der Waals surface area contributed by atoms with Gasteiger partial charge in [0.2, 0.25) is 0 Å². The Morgan fingerprint density at radius 3 is 3.05 bits per heavy atom. The maximum absolute atomic E-state index is 12.0. The molecule has 8 heteroatoms. The van der Waals surface area contributed by atoms with Crippen LogP contribution in [0.5, 0.6) is 5.75 Å². The zero-order valence-corrected chi connectivity index (χ0v) is 11.4. The average molecular weight is 289 g/mol. The van der Waals surface area contributed by atoms with E-state index in [0.29, 0.717) is 17.1 Å². The highest BCUT2D eigenvalue weighted by atomic mass is 16.5. The number of imidazole rings is 1. The summed E-state index contributed by atoms with van der Waals surface area (Å²) in [5.41, 5.74) is 6.33. The Kier molecular flexibility index (Phi) is 4.39. The van der Waals surface area contributed by atoms with E-state index in [1.165, 1.54) is 6.20 Å². The molecule has 0 saturated carbocycles. The van der Waals surface area contributed by atoms with Crippen molar-refractivity contribution in [3.05, 3.63) is 42.5 Å². The van der Waals surface area contributed by atoms with Crippen molar-refractivity contribution >= 4 is 17.4 Å². The van der Waals surface area contributed by atoms with Crippen molar-refractivity contribution in [3.63, 3.8) is 0 Å². The highest BCUT2D eigenvalue weighted by molar-refractivity contribution is 6.03. The van der Waals surface area contributed by atoms with Gasteiger partial charge in [0.05, 0.1) is 12.5 Å². The summed E-state index contributed by atoms with van der Waals surface area (Å²) < 4.78 is 6.93. The summed E-state index contributed by atoms with van der Waals surface area (Å²) in [6.45, 7) is -0.0460. The second-order valence-electron chi connectivity index (χ2n) is 4.25. The van der Waals surface area contributed by atoms with Crippen molar-refractivity contribution < 1.29 is 14.7 Å². The smallest absolute Gasteiger partial charge is 0.273 e. The Balaban J connectivity index is 2.04. The third kappa shape index (κ3) is 3.72. The quantitative estimate of drug-likeness (QED) is 0.326. The van der Waals surface area contributed by atoms with Gasteiger partial charge in [-0.3, -0.25) is 4.79 Å². The van der Waals surface area contributed by atoms with Gasteiger partial charge in [0.1, 0.15) is 18.1 Å². The SMILES string of the molecule is Cn1cncc1C(=O)Nc1cccc(OC/C(N)=N/O)c1. The van der Waals surface area contributed by atoms with Gasteiger partial charge in [-0.2, -0.15) is 0 Å². The molecule has 0 aliphatic carbocycles. The number of nitrogens with two attached hydrogens (primary N) is 1. The maximum atomic E-state index is 12.0. The van der Waals surface area contributed by atoms with Crippen molar-refractivity contribution in [2.75, 3.05) is 11.9 Å². The molecule has 0 bridgehead atoms. The summed E-state index contributed by atoms with van der Waals surface area (Å²) in [6, 6.07) is 6.79. The number of benzene rings is 1. The highest BCUT2D eigenvalue weighted by Crippen LogP contribution is 2.18. The number of anilines is 1. The minimum absolute atomic E-state index is 0.0423. The van der Waals surface area contributed by atoms with Crippen LogP contribution in [0, 0.1) is 0 Å². The van der Waals surface area contributed by atoms with Gasteiger partial charge in [0, 0.05) is 18.8 Å². The fourth-order valence-electron chi connectivity index (χ4n) is 1.62. The molecule has 0 atom stereocenters. The van der Waals surface area contributed by atoms with Crippen LogP contribution in [-0.4, -0.2) is 33.1 Å². The Morgan fingerprint density at radius 2 is 2.38 bits per heavy atom. The van der Waals surface area contributed by atoms with Gasteiger partial charge in [0.15, 0.2) is 5.84 Å². The van der Waals surface area contributed by atoms with Crippen LogP contribution >= 0.6 is 0 Å². The van der Waals surface area contributed by atoms with E-state index in [1.807, 2.05) is 0 Å². The second kappa shape index (κ2) is 6.42. The molecule has 0 fully saturated rings. The number of carbonyl (C=O) groups is 1. The number of hydrogen-bond donors (Lipinski definition) is 3. The van der Waals surface area contributed by atoms with Crippen LogP contribution < -0.4 is 15.8 Å². The van der Waals surface area contributed by atoms with Crippen molar-refractivity contribution in [1.82, 2.24) is 9.55 Å². The summed E-state index contributed by atoms with van der Waals surface area (Å²) >= 11 is 0. The predicted octanol–water partition coefficient (Wildman–Crippen LogP) is 0.798. The number of oxime groups is 1. The molecule has 4 N–H and O–H groups in total. The zero-order valence-electron chi connectivity index (χ0n) is 11.4. The van der Waals surface area contributed by atoms with Crippen LogP contribution in [-0.2, 0) is 7.05 Å². The minimum Gasteiger partial charge on any atom is -0.485 e. The second-order valence-corrected chi connectivity index (χ2v) is 4.25. The molecule has 1 aromatic heterocycles. The molecular formula is C13H15N5O3. The standard InChI is InChI=1S/C13H15N5O3/c1-18-8-15-6-11(18)13(19)16-9-3-2-4-10(5-9)21-7-12(14)17-20/h2-6,8,20H,7H2,1H3,(H2,14,17)(H,16,19). The van der Waals surface area contributed by atoms with E-state index in [9.17, 15) is 4.79 Å². The molecule has 110 valence electrons. The fraction of sp³-hybridized carbons (Fsp3) is 0.154. The van der Waals surface area contributed by atoms with Crippen molar-refractivity contribution in [1.29, 1.82) is 0 Å². The molecule has 0 saturated heterocycles. The van der Waals surface area contributed by atoms with Gasteiger partial charge in [-0.15, -0.1) is 0 Å². The molecule has 0 unspecified atom stereocenters. The number of aryl methyl sites for hydroxylation is 1. The summed E-state index contributed by atoms with van der Waals surface area (Å²) in [5.74, 6) is 0.173. The third-order valence-electron chi connectivity index (χ3n) is 2.66. The van der Waals surface area contributed by atoms with E-state index in [2.05, 4.69) is 15.5 Å². The zero-order chi connectivity index (χ0) is 15.2. The largest absolute Gasteiger partial charge is 0.485 e. The van der Waals surface area contributed by atoms with Crippen LogP contribution in [0.15, 0.2) is 41.9 Å². The summed E-state index contributed by atoms with van der Waals surface area (Å²) in [5, 5.41) is 14.0. The van der Waals surface area contributed by atoms with E-state index in [1.54, 1.807) is 42.2 Å². The Hall–Kier alpha value is -3.03. The van der Waals surface area contributed by atoms with Gasteiger partial charge < -0.3 is 25.6 Å². The fourth-order valence-corrected chi connectivity index (χ4v) is 1.62. The lowest BCUT2D eigenvalue weighted by Gasteiger charge is -2.08. The molecule has 2 aromatic rings. The molecule has 0 aliphatic heterocycles. The van der Waals surface area contributed by atoms with E-state index >= 15 is 0 Å².